The Morgan fingerprint density at radius 2 is 1.35 bits per heavy atom. The van der Waals surface area contributed by atoms with Crippen LogP contribution in [-0.2, 0) is 10.8 Å². The molecule has 0 aliphatic heterocycles. The van der Waals surface area contributed by atoms with Crippen molar-refractivity contribution in [3.05, 3.63) is 29.3 Å². The third-order valence-corrected chi connectivity index (χ3v) is 5.78. The van der Waals surface area contributed by atoms with Crippen LogP contribution in [0.25, 0.3) is 0 Å². The maximum absolute atomic E-state index is 3.25. The molecule has 2 rings (SSSR count). The third kappa shape index (κ3) is 1.31. The van der Waals surface area contributed by atoms with Crippen molar-refractivity contribution in [2.24, 2.45) is 5.41 Å². The molecule has 0 aromatic heterocycles. The van der Waals surface area contributed by atoms with E-state index in [0.29, 0.717) is 0 Å². The number of anilines is 1. The summed E-state index contributed by atoms with van der Waals surface area (Å²) < 4.78 is 0. The van der Waals surface area contributed by atoms with E-state index in [9.17, 15) is 0 Å². The molecule has 1 aromatic rings. The van der Waals surface area contributed by atoms with E-state index in [1.54, 1.807) is 0 Å². The van der Waals surface area contributed by atoms with Crippen LogP contribution in [0.4, 0.5) is 5.69 Å². The lowest BCUT2D eigenvalue weighted by molar-refractivity contribution is 0.125. The molecule has 1 heteroatoms. The molecule has 0 spiro atoms. The van der Waals surface area contributed by atoms with Gasteiger partial charge in [0.15, 0.2) is 0 Å². The van der Waals surface area contributed by atoms with Crippen LogP contribution in [0.2, 0.25) is 0 Å². The molecule has 0 bridgehead atoms. The second-order valence-electron chi connectivity index (χ2n) is 6.89. The number of hydrogen-bond donors (Lipinski definition) is 1. The first-order chi connectivity index (χ1) is 7.66. The van der Waals surface area contributed by atoms with Gasteiger partial charge in [-0.15, -0.1) is 0 Å². The maximum atomic E-state index is 3.25. The minimum atomic E-state index is 0.207. The van der Waals surface area contributed by atoms with Gasteiger partial charge in [-0.1, -0.05) is 47.6 Å². The van der Waals surface area contributed by atoms with Gasteiger partial charge in [0.05, 0.1) is 0 Å². The molecule has 1 aliphatic rings. The highest BCUT2D eigenvalue weighted by atomic mass is 14.8. The van der Waals surface area contributed by atoms with Gasteiger partial charge in [-0.2, -0.15) is 0 Å². The normalized spacial score (nSPS) is 23.2. The second-order valence-corrected chi connectivity index (χ2v) is 6.89. The summed E-state index contributed by atoms with van der Waals surface area (Å²) in [5, 5.41) is 3.25. The number of fused-ring (bicyclic) bond motifs is 1. The van der Waals surface area contributed by atoms with Crippen molar-refractivity contribution in [3.63, 3.8) is 0 Å². The molecular formula is C16H25N. The van der Waals surface area contributed by atoms with Gasteiger partial charge in [0.25, 0.3) is 0 Å². The van der Waals surface area contributed by atoms with Crippen LogP contribution in [0.3, 0.4) is 0 Å². The van der Waals surface area contributed by atoms with Crippen molar-refractivity contribution in [1.29, 1.82) is 0 Å². The molecule has 0 saturated heterocycles. The fourth-order valence-corrected chi connectivity index (χ4v) is 3.22. The molecule has 1 N–H and O–H groups in total. The van der Waals surface area contributed by atoms with Gasteiger partial charge < -0.3 is 5.32 Å². The molecule has 1 aliphatic carbocycles. The summed E-state index contributed by atoms with van der Waals surface area (Å²) in [6.07, 6.45) is 0. The molecule has 0 unspecified atom stereocenters. The minimum absolute atomic E-state index is 0.207. The molecule has 1 nitrogen and oxygen atoms in total. The Balaban J connectivity index is 2.73. The number of rotatable bonds is 1. The zero-order valence-electron chi connectivity index (χ0n) is 12.2. The Hall–Kier alpha value is -0.980. The van der Waals surface area contributed by atoms with E-state index < -0.39 is 0 Å². The highest BCUT2D eigenvalue weighted by Crippen LogP contribution is 2.61. The first kappa shape index (κ1) is 12.5. The van der Waals surface area contributed by atoms with Crippen molar-refractivity contribution in [2.45, 2.75) is 52.4 Å². The van der Waals surface area contributed by atoms with Gasteiger partial charge in [0.2, 0.25) is 0 Å². The predicted molar refractivity (Wildman–Crippen MR) is 75.8 cm³/mol. The molecule has 0 fully saturated rings. The van der Waals surface area contributed by atoms with Crippen LogP contribution in [0, 0.1) is 5.41 Å². The molecule has 17 heavy (non-hydrogen) atoms. The number of hydrogen-bond acceptors (Lipinski definition) is 1. The summed E-state index contributed by atoms with van der Waals surface area (Å²) in [7, 11) is 1.99. The molecule has 0 saturated carbocycles. The summed E-state index contributed by atoms with van der Waals surface area (Å²) in [6.45, 7) is 14.3. The Kier molecular flexibility index (Phi) is 2.40. The fraction of sp³-hybridized carbons (Fsp3) is 0.625. The highest BCUT2D eigenvalue weighted by molar-refractivity contribution is 5.57. The van der Waals surface area contributed by atoms with Crippen molar-refractivity contribution in [1.82, 2.24) is 0 Å². The van der Waals surface area contributed by atoms with Gasteiger partial charge in [0.1, 0.15) is 0 Å². The van der Waals surface area contributed by atoms with Crippen LogP contribution in [-0.4, -0.2) is 7.05 Å². The molecule has 0 atom stereocenters. The lowest BCUT2D eigenvalue weighted by Crippen LogP contribution is -2.42. The predicted octanol–water partition coefficient (Wildman–Crippen LogP) is 4.32. The quantitative estimate of drug-likeness (QED) is 0.759. The van der Waals surface area contributed by atoms with Gasteiger partial charge >= 0.3 is 0 Å². The SMILES string of the molecule is CNc1ccc2c(c1)C(C)(C)C(C)(C)C2(C)C. The number of benzene rings is 1. The summed E-state index contributed by atoms with van der Waals surface area (Å²) in [6, 6.07) is 6.82. The molecule has 1 aromatic carbocycles. The average molecular weight is 231 g/mol. The second kappa shape index (κ2) is 3.28. The van der Waals surface area contributed by atoms with Crippen molar-refractivity contribution >= 4 is 5.69 Å². The largest absolute Gasteiger partial charge is 0.388 e. The average Bonchev–Trinajstić information content (AvgIpc) is 2.36. The van der Waals surface area contributed by atoms with E-state index in [4.69, 9.17) is 0 Å². The van der Waals surface area contributed by atoms with Gasteiger partial charge in [-0.05, 0) is 39.5 Å². The van der Waals surface area contributed by atoms with Crippen LogP contribution in [0.1, 0.15) is 52.7 Å². The van der Waals surface area contributed by atoms with Crippen molar-refractivity contribution < 1.29 is 0 Å². The van der Waals surface area contributed by atoms with Crippen molar-refractivity contribution in [3.8, 4) is 0 Å². The Morgan fingerprint density at radius 3 is 1.88 bits per heavy atom. The van der Waals surface area contributed by atoms with Gasteiger partial charge in [0, 0.05) is 12.7 Å². The summed E-state index contributed by atoms with van der Waals surface area (Å²) in [5.74, 6) is 0. The Labute approximate surface area is 106 Å². The Bertz CT molecular complexity index is 453. The first-order valence-corrected chi connectivity index (χ1v) is 6.49. The van der Waals surface area contributed by atoms with Crippen LogP contribution in [0.5, 0.6) is 0 Å². The van der Waals surface area contributed by atoms with Gasteiger partial charge in [-0.3, -0.25) is 0 Å². The molecule has 0 amide bonds. The van der Waals surface area contributed by atoms with Gasteiger partial charge in [-0.25, -0.2) is 0 Å². The highest BCUT2D eigenvalue weighted by Gasteiger charge is 2.56. The van der Waals surface area contributed by atoms with Crippen molar-refractivity contribution in [2.75, 3.05) is 12.4 Å². The summed E-state index contributed by atoms with van der Waals surface area (Å²) in [4.78, 5) is 0. The third-order valence-electron chi connectivity index (χ3n) is 5.78. The standard InChI is InChI=1S/C16H25N/c1-14(2)12-9-8-11(17-7)10-13(12)15(3,4)16(14,5)6/h8-10,17H,1-7H3. The molecule has 0 radical (unpaired) electrons. The topological polar surface area (TPSA) is 12.0 Å². The van der Waals surface area contributed by atoms with E-state index in [1.807, 2.05) is 7.05 Å². The molecule has 94 valence electrons. The van der Waals surface area contributed by atoms with E-state index in [2.05, 4.69) is 65.1 Å². The van der Waals surface area contributed by atoms with E-state index in [1.165, 1.54) is 16.8 Å². The lowest BCUT2D eigenvalue weighted by Gasteiger charge is -2.44. The summed E-state index contributed by atoms with van der Waals surface area (Å²) in [5.41, 5.74) is 4.90. The minimum Gasteiger partial charge on any atom is -0.388 e. The lowest BCUT2D eigenvalue weighted by atomic mass is 9.59. The van der Waals surface area contributed by atoms with Crippen LogP contribution < -0.4 is 5.32 Å². The molecule has 0 heterocycles. The number of nitrogens with one attached hydrogen (secondary N) is 1. The maximum Gasteiger partial charge on any atom is 0.0340 e. The Morgan fingerprint density at radius 1 is 0.824 bits per heavy atom. The van der Waals surface area contributed by atoms with E-state index in [-0.39, 0.29) is 16.2 Å². The van der Waals surface area contributed by atoms with E-state index in [0.717, 1.165) is 0 Å². The van der Waals surface area contributed by atoms with Crippen LogP contribution >= 0.6 is 0 Å². The zero-order chi connectivity index (χ0) is 13.1. The monoisotopic (exact) mass is 231 g/mol. The first-order valence-electron chi connectivity index (χ1n) is 6.49. The molecular weight excluding hydrogens is 206 g/mol. The fourth-order valence-electron chi connectivity index (χ4n) is 3.22. The van der Waals surface area contributed by atoms with Crippen LogP contribution in [0.15, 0.2) is 18.2 Å². The van der Waals surface area contributed by atoms with E-state index >= 15 is 0 Å². The summed E-state index contributed by atoms with van der Waals surface area (Å²) >= 11 is 0. The smallest absolute Gasteiger partial charge is 0.0340 e. The zero-order valence-corrected chi connectivity index (χ0v) is 12.2.